The van der Waals surface area contributed by atoms with Crippen molar-refractivity contribution in [1.29, 1.82) is 0 Å². The van der Waals surface area contributed by atoms with Crippen LogP contribution in [0, 0.1) is 70.7 Å². The van der Waals surface area contributed by atoms with Crippen LogP contribution in [0.1, 0.15) is 267 Å². The van der Waals surface area contributed by atoms with Gasteiger partial charge in [0.15, 0.2) is 17.5 Å². The molecule has 3 aromatic rings. The van der Waals surface area contributed by atoms with Gasteiger partial charge in [0, 0.05) is 50.4 Å². The van der Waals surface area contributed by atoms with Crippen LogP contribution in [0.4, 0.5) is 13.2 Å². The van der Waals surface area contributed by atoms with Crippen LogP contribution in [0.5, 0.6) is 17.2 Å². The number of ether oxygens (including phenoxy) is 5. The zero-order valence-electron chi connectivity index (χ0n) is 59.3. The molecule has 7 nitrogen and oxygen atoms in total. The van der Waals surface area contributed by atoms with E-state index in [2.05, 4.69) is 42.8 Å². The van der Waals surface area contributed by atoms with E-state index in [1.807, 2.05) is 26.8 Å². The van der Waals surface area contributed by atoms with Gasteiger partial charge >= 0.3 is 23.1 Å². The van der Waals surface area contributed by atoms with Gasteiger partial charge < -0.3 is 31.6 Å². The molecule has 0 amide bonds. The number of hydrogen-bond donors (Lipinski definition) is 1. The van der Waals surface area contributed by atoms with Crippen molar-refractivity contribution in [1.82, 2.24) is 0 Å². The Bertz CT molecular complexity index is 2570. The smallest absolute Gasteiger partial charge is 1.00 e. The van der Waals surface area contributed by atoms with Crippen molar-refractivity contribution < 1.29 is 49.6 Å². The van der Waals surface area contributed by atoms with Gasteiger partial charge in [-0.3, -0.25) is 4.79 Å². The van der Waals surface area contributed by atoms with Gasteiger partial charge in [0.25, 0.3) is 0 Å². The van der Waals surface area contributed by atoms with Crippen LogP contribution in [-0.2, 0) is 19.9 Å². The molecule has 1 atom stereocenters. The minimum atomic E-state index is -1.10. The fraction of sp³-hybridized carbons (Fsp3) is 0.727. The van der Waals surface area contributed by atoms with Crippen LogP contribution in [0.15, 0.2) is 46.9 Å². The van der Waals surface area contributed by atoms with Crippen molar-refractivity contribution in [3.05, 3.63) is 90.6 Å². The van der Waals surface area contributed by atoms with E-state index in [0.29, 0.717) is 77.2 Å². The van der Waals surface area contributed by atoms with Gasteiger partial charge in [0.2, 0.25) is 0 Å². The maximum absolute atomic E-state index is 14.8. The largest absolute Gasteiger partial charge is 2.00 e. The van der Waals surface area contributed by atoms with Gasteiger partial charge in [-0.25, -0.2) is 13.2 Å². The average molecular weight is 1420 g/mol. The van der Waals surface area contributed by atoms with E-state index in [0.717, 1.165) is 118 Å². The second-order valence-electron chi connectivity index (χ2n) is 27.3. The molecule has 0 spiro atoms. The topological polar surface area (TPSA) is 83.5 Å². The monoisotopic (exact) mass is 1420 g/mol. The Balaban J connectivity index is 0.000000317. The maximum atomic E-state index is 14.8. The third-order valence-electron chi connectivity index (χ3n) is 21.2. The van der Waals surface area contributed by atoms with Crippen molar-refractivity contribution in [3.63, 3.8) is 0 Å². The van der Waals surface area contributed by atoms with Gasteiger partial charge in [0.1, 0.15) is 38.1 Å². The van der Waals surface area contributed by atoms with Gasteiger partial charge in [-0.15, -0.1) is 0 Å². The van der Waals surface area contributed by atoms with Crippen LogP contribution in [0.25, 0.3) is 5.57 Å². The number of aliphatic hydroxyl groups is 1. The quantitative estimate of drug-likeness (QED) is 0.106. The Morgan fingerprint density at radius 2 is 0.870 bits per heavy atom. The Hall–Kier alpha value is -1.74. The fourth-order valence-corrected chi connectivity index (χ4v) is 17.0. The summed E-state index contributed by atoms with van der Waals surface area (Å²) in [6.07, 6.45) is 42.9. The van der Waals surface area contributed by atoms with E-state index in [1.165, 1.54) is 161 Å². The first-order valence-corrected chi connectivity index (χ1v) is 38.1. The molecule has 92 heavy (non-hydrogen) atoms. The molecule has 2 heterocycles. The minimum Gasteiger partial charge on any atom is -1.00 e. The van der Waals surface area contributed by atoms with Crippen molar-refractivity contribution in [2.45, 2.75) is 259 Å². The summed E-state index contributed by atoms with van der Waals surface area (Å²) in [5, 5.41) is 11.3. The normalized spacial score (nSPS) is 26.4. The summed E-state index contributed by atoms with van der Waals surface area (Å²) in [5.74, 6) is 8.20. The number of halogens is 7. The molecule has 5 saturated carbocycles. The van der Waals surface area contributed by atoms with Crippen LogP contribution in [-0.4, -0.2) is 80.2 Å². The van der Waals surface area contributed by atoms with Crippen LogP contribution >= 0.6 is 50.7 Å². The molecule has 2 aliphatic heterocycles. The summed E-state index contributed by atoms with van der Waals surface area (Å²) in [7, 11) is 0. The molecule has 1 unspecified atom stereocenters. The Labute approximate surface area is 596 Å². The van der Waals surface area contributed by atoms with Crippen LogP contribution < -0.4 is 14.2 Å². The molecule has 11 rings (SSSR count). The molecule has 15 heteroatoms. The van der Waals surface area contributed by atoms with E-state index in [9.17, 15) is 23.1 Å². The van der Waals surface area contributed by atoms with Gasteiger partial charge in [-0.2, -0.15) is 0 Å². The SMILES string of the molecule is C1CCOC1.C1CCOC1.CCCC1CCC(C2CC=C(c3ccc(OCC)c(Cl)c3F)CC2)CC1.CCCC1CCC(C2CCC(=O)CC2)CC1.CCCC1CCC(C2CCC(O)(c3ccc(OCC)c(Cl)c3F)CC2)CC1.CCOc1ccc(Br)c(F)c1Cl.[H-].[H-].[Mg+2]. The first-order valence-electron chi connectivity index (χ1n) is 36.1. The summed E-state index contributed by atoms with van der Waals surface area (Å²) < 4.78 is 68.6. The third kappa shape index (κ3) is 25.8. The standard InChI is InChI=1S/C23H34ClFO2.C23H32ClFO.C15H26O.C8H7BrClFO.2C4H8O.Mg.2H/c1-3-5-16-6-8-17(9-7-16)18-12-14-23(26,15-13-18)19-10-11-20(27-4-2)21(24)22(19)25;1-3-5-16-6-8-17(9-7-16)18-10-12-19(13-11-18)20-14-15-21(26-4-2)22(24)23(20)25;1-2-3-12-4-6-13(7-5-12)14-8-10-15(16)11-9-14;1-2-12-6-4-3-5(9)8(11)7(6)10;2*1-2-4-5-3-1;;;/h10-11,16-18,26H,3-9,12-15H2,1-2H3;12,14-18H,3-11,13H2,1-2H3;12-14H,2-11H2,1H3;3-4H,2H2,1H3;2*1-4H2;;;/q;;;;;;+2;2*-1. The zero-order chi connectivity index (χ0) is 65.5. The number of carbonyl (C=O) groups is 1. The molecule has 6 aliphatic carbocycles. The zero-order valence-corrected chi connectivity index (χ0v) is 62.5. The fourth-order valence-electron chi connectivity index (χ4n) is 15.9. The van der Waals surface area contributed by atoms with Crippen molar-refractivity contribution in [3.8, 4) is 17.2 Å². The second-order valence-corrected chi connectivity index (χ2v) is 29.3. The van der Waals surface area contributed by atoms with Gasteiger partial charge in [-0.1, -0.05) is 139 Å². The predicted octanol–water partition coefficient (Wildman–Crippen LogP) is 24.0. The average Bonchev–Trinajstić information content (AvgIpc) is 0.823. The van der Waals surface area contributed by atoms with Crippen LogP contribution in [0.2, 0.25) is 15.1 Å². The van der Waals surface area contributed by atoms with Crippen molar-refractivity contribution in [2.75, 3.05) is 46.2 Å². The summed E-state index contributed by atoms with van der Waals surface area (Å²) in [4.78, 5) is 11.2. The number of benzene rings is 3. The summed E-state index contributed by atoms with van der Waals surface area (Å²) >= 11 is 21.0. The number of hydrogen-bond acceptors (Lipinski definition) is 7. The Morgan fingerprint density at radius 3 is 1.26 bits per heavy atom. The number of allylic oxidation sites excluding steroid dienone is 2. The molecule has 8 aliphatic rings. The minimum absolute atomic E-state index is 0. The van der Waals surface area contributed by atoms with Gasteiger partial charge in [-0.05, 0) is 254 Å². The van der Waals surface area contributed by atoms with Gasteiger partial charge in [0.05, 0.1) is 29.9 Å². The molecule has 2 saturated heterocycles. The first-order chi connectivity index (χ1) is 44.1. The molecule has 518 valence electrons. The number of carbonyl (C=O) groups excluding carboxylic acids is 1. The summed E-state index contributed by atoms with van der Waals surface area (Å²) in [6.45, 7) is 17.8. The molecule has 0 radical (unpaired) electrons. The first kappa shape index (κ1) is 80.9. The van der Waals surface area contributed by atoms with Crippen molar-refractivity contribution >= 4 is 85.1 Å². The number of Topliss-reactive ketones (excluding diaryl/α,β-unsaturated/α-hetero) is 1. The predicted molar refractivity (Wildman–Crippen MR) is 383 cm³/mol. The molecular formula is C77H117BrCl3F3MgO7. The number of ketones is 1. The van der Waals surface area contributed by atoms with E-state index < -0.39 is 17.2 Å². The molecule has 0 bridgehead atoms. The maximum Gasteiger partial charge on any atom is 2.00 e. The van der Waals surface area contributed by atoms with Crippen molar-refractivity contribution in [2.24, 2.45) is 53.3 Å². The molecule has 1 N–H and O–H groups in total. The molecular weight excluding hydrogens is 1300 g/mol. The summed E-state index contributed by atoms with van der Waals surface area (Å²) in [5.41, 5.74) is 1.00. The third-order valence-corrected chi connectivity index (χ3v) is 22.8. The summed E-state index contributed by atoms with van der Waals surface area (Å²) in [6, 6.07) is 10.2. The molecule has 3 aromatic carbocycles. The van der Waals surface area contributed by atoms with E-state index in [1.54, 1.807) is 30.3 Å². The second kappa shape index (κ2) is 44.3. The number of rotatable bonds is 17. The molecule has 0 aromatic heterocycles. The molecule has 7 fully saturated rings. The Kier molecular flexibility index (Phi) is 39.0. The van der Waals surface area contributed by atoms with Crippen LogP contribution in [0.3, 0.4) is 0 Å². The van der Waals surface area contributed by atoms with E-state index >= 15 is 0 Å². The van der Waals surface area contributed by atoms with E-state index in [4.69, 9.17) is 58.5 Å². The van der Waals surface area contributed by atoms with E-state index in [-0.39, 0.29) is 46.8 Å². The Morgan fingerprint density at radius 1 is 0.500 bits per heavy atom.